The summed E-state index contributed by atoms with van der Waals surface area (Å²) in [6, 6.07) is 4.19. The Bertz CT molecular complexity index is 684. The highest BCUT2D eigenvalue weighted by atomic mass is 32.2. The number of benzene rings is 1. The van der Waals surface area contributed by atoms with E-state index in [4.69, 9.17) is 0 Å². The van der Waals surface area contributed by atoms with E-state index >= 15 is 0 Å². The predicted molar refractivity (Wildman–Crippen MR) is 105 cm³/mol. The number of hydrogen-bond donors (Lipinski definition) is 0. The van der Waals surface area contributed by atoms with Crippen LogP contribution in [0.3, 0.4) is 0 Å². The molecule has 3 nitrogen and oxygen atoms in total. The SMILES string of the molecule is CCCCC[C@@H]1[C@H]([Si](C)(C)C)N1S(=O)(=O)c1c(C)cc(C)cc1C. The van der Waals surface area contributed by atoms with Crippen LogP contribution in [-0.2, 0) is 10.0 Å². The largest absolute Gasteiger partial charge is 0.243 e. The Morgan fingerprint density at radius 3 is 2.04 bits per heavy atom. The molecule has 0 spiro atoms. The summed E-state index contributed by atoms with van der Waals surface area (Å²) < 4.78 is 28.6. The summed E-state index contributed by atoms with van der Waals surface area (Å²) in [6.07, 6.45) is 4.49. The van der Waals surface area contributed by atoms with Crippen molar-refractivity contribution >= 4 is 18.1 Å². The summed E-state index contributed by atoms with van der Waals surface area (Å²) in [6.45, 7) is 14.9. The molecule has 1 aliphatic rings. The van der Waals surface area contributed by atoms with Gasteiger partial charge in [0.25, 0.3) is 0 Å². The van der Waals surface area contributed by atoms with Gasteiger partial charge in [-0.2, -0.15) is 4.31 Å². The summed E-state index contributed by atoms with van der Waals surface area (Å²) in [4.78, 5) is 0.536. The molecule has 24 heavy (non-hydrogen) atoms. The predicted octanol–water partition coefficient (Wildman–Crippen LogP) is 4.81. The van der Waals surface area contributed by atoms with Gasteiger partial charge >= 0.3 is 0 Å². The number of rotatable bonds is 7. The third-order valence-electron chi connectivity index (χ3n) is 5.01. The fourth-order valence-corrected chi connectivity index (χ4v) is 10.0. The average Bonchev–Trinajstić information content (AvgIpc) is 3.12. The molecule has 0 amide bonds. The van der Waals surface area contributed by atoms with Gasteiger partial charge in [0.1, 0.15) is 0 Å². The highest BCUT2D eigenvalue weighted by Crippen LogP contribution is 2.44. The van der Waals surface area contributed by atoms with Crippen LogP contribution >= 0.6 is 0 Å². The quantitative estimate of drug-likeness (QED) is 0.394. The second-order valence-corrected chi connectivity index (χ2v) is 15.5. The first-order valence-electron chi connectivity index (χ1n) is 9.13. The second-order valence-electron chi connectivity index (χ2n) is 8.44. The number of sulfonamides is 1. The molecule has 1 aromatic carbocycles. The van der Waals surface area contributed by atoms with Crippen molar-refractivity contribution in [2.24, 2.45) is 0 Å². The van der Waals surface area contributed by atoms with Crippen molar-refractivity contribution in [1.29, 1.82) is 0 Å². The molecule has 136 valence electrons. The van der Waals surface area contributed by atoms with Crippen LogP contribution in [0.5, 0.6) is 0 Å². The molecule has 1 aliphatic heterocycles. The molecular formula is C19H33NO2SSi. The van der Waals surface area contributed by atoms with E-state index in [0.29, 0.717) is 4.90 Å². The Morgan fingerprint density at radius 1 is 1.04 bits per heavy atom. The van der Waals surface area contributed by atoms with Crippen molar-refractivity contribution in [2.45, 2.75) is 89.6 Å². The van der Waals surface area contributed by atoms with Crippen molar-refractivity contribution in [1.82, 2.24) is 4.31 Å². The highest BCUT2D eigenvalue weighted by Gasteiger charge is 2.60. The Balaban J connectivity index is 2.37. The molecule has 3 atom stereocenters. The molecule has 1 heterocycles. The fourth-order valence-electron chi connectivity index (χ4n) is 4.11. The molecule has 1 aromatic rings. The highest BCUT2D eigenvalue weighted by molar-refractivity contribution is 7.89. The number of hydrogen-bond acceptors (Lipinski definition) is 2. The first-order chi connectivity index (χ1) is 11.0. The summed E-state index contributed by atoms with van der Waals surface area (Å²) in [5, 5.41) is 0. The standard InChI is InChI=1S/C19H33NO2SSi/c1-8-9-10-11-17-19(24(5,6)7)20(17)23(21,22)18-15(3)12-14(2)13-16(18)4/h12-13,17,19H,8-11H2,1-7H3/t17-,19+,20?/m1/s1. The lowest BCUT2D eigenvalue weighted by molar-refractivity contribution is 0.537. The molecule has 0 aliphatic carbocycles. The Morgan fingerprint density at radius 2 is 1.58 bits per heavy atom. The van der Waals surface area contributed by atoms with Gasteiger partial charge in [0.2, 0.25) is 10.0 Å². The van der Waals surface area contributed by atoms with Crippen LogP contribution in [0.15, 0.2) is 17.0 Å². The lowest BCUT2D eigenvalue weighted by Crippen LogP contribution is -2.34. The molecule has 0 bridgehead atoms. The number of unbranched alkanes of at least 4 members (excludes halogenated alkanes) is 2. The van der Waals surface area contributed by atoms with E-state index in [-0.39, 0.29) is 11.7 Å². The zero-order chi connectivity index (χ0) is 18.3. The van der Waals surface area contributed by atoms with Gasteiger partial charge in [-0.3, -0.25) is 0 Å². The van der Waals surface area contributed by atoms with Crippen LogP contribution in [0.2, 0.25) is 19.6 Å². The molecule has 2 rings (SSSR count). The first kappa shape index (κ1) is 19.7. The lowest BCUT2D eigenvalue weighted by Gasteiger charge is -2.17. The maximum absolute atomic E-state index is 13.4. The summed E-state index contributed by atoms with van der Waals surface area (Å²) in [5.74, 6) is 0. The van der Waals surface area contributed by atoms with E-state index in [0.717, 1.165) is 29.5 Å². The van der Waals surface area contributed by atoms with E-state index in [1.54, 1.807) is 0 Å². The molecule has 0 saturated carbocycles. The zero-order valence-corrected chi connectivity index (χ0v) is 18.1. The fraction of sp³-hybridized carbons (Fsp3) is 0.684. The molecule has 0 aromatic heterocycles. The molecule has 1 saturated heterocycles. The van der Waals surface area contributed by atoms with Crippen LogP contribution in [0.1, 0.15) is 49.3 Å². The molecule has 0 N–H and O–H groups in total. The van der Waals surface area contributed by atoms with Crippen molar-refractivity contribution < 1.29 is 8.42 Å². The second kappa shape index (κ2) is 6.93. The van der Waals surface area contributed by atoms with Crippen LogP contribution in [0, 0.1) is 20.8 Å². The van der Waals surface area contributed by atoms with E-state index in [1.807, 2.05) is 37.2 Å². The van der Waals surface area contributed by atoms with Crippen LogP contribution < -0.4 is 0 Å². The van der Waals surface area contributed by atoms with Gasteiger partial charge in [-0.25, -0.2) is 8.42 Å². The van der Waals surface area contributed by atoms with Gasteiger partial charge in [0.15, 0.2) is 0 Å². The number of nitrogens with zero attached hydrogens (tertiary/aromatic N) is 1. The van der Waals surface area contributed by atoms with Gasteiger partial charge in [-0.1, -0.05) is 63.5 Å². The smallest absolute Gasteiger partial charge is 0.207 e. The van der Waals surface area contributed by atoms with Gasteiger partial charge in [0.05, 0.1) is 13.0 Å². The monoisotopic (exact) mass is 367 g/mol. The van der Waals surface area contributed by atoms with E-state index in [2.05, 4.69) is 26.6 Å². The van der Waals surface area contributed by atoms with Crippen molar-refractivity contribution in [3.05, 3.63) is 28.8 Å². The summed E-state index contributed by atoms with van der Waals surface area (Å²) >= 11 is 0. The van der Waals surface area contributed by atoms with Gasteiger partial charge in [-0.15, -0.1) is 0 Å². The minimum Gasteiger partial charge on any atom is -0.207 e. The van der Waals surface area contributed by atoms with Crippen molar-refractivity contribution in [3.8, 4) is 0 Å². The molecule has 5 heteroatoms. The van der Waals surface area contributed by atoms with Crippen LogP contribution in [0.4, 0.5) is 0 Å². The van der Waals surface area contributed by atoms with E-state index in [1.165, 1.54) is 12.8 Å². The Labute approximate surface area is 149 Å². The normalized spacial score (nSPS) is 24.2. The maximum Gasteiger partial charge on any atom is 0.243 e. The molecule has 1 unspecified atom stereocenters. The van der Waals surface area contributed by atoms with Crippen molar-refractivity contribution in [2.75, 3.05) is 0 Å². The summed E-state index contributed by atoms with van der Waals surface area (Å²) in [7, 11) is -4.95. The van der Waals surface area contributed by atoms with E-state index in [9.17, 15) is 8.42 Å². The molecule has 1 fully saturated rings. The molecular weight excluding hydrogens is 334 g/mol. The topological polar surface area (TPSA) is 37.1 Å². The molecule has 0 radical (unpaired) electrons. The summed E-state index contributed by atoms with van der Waals surface area (Å²) in [5.41, 5.74) is 3.12. The zero-order valence-electron chi connectivity index (χ0n) is 16.3. The van der Waals surface area contributed by atoms with E-state index < -0.39 is 18.1 Å². The van der Waals surface area contributed by atoms with Gasteiger partial charge in [-0.05, 0) is 38.3 Å². The van der Waals surface area contributed by atoms with Crippen molar-refractivity contribution in [3.63, 3.8) is 0 Å². The third-order valence-corrected chi connectivity index (χ3v) is 9.84. The van der Waals surface area contributed by atoms with Crippen LogP contribution in [0.25, 0.3) is 0 Å². The lowest BCUT2D eigenvalue weighted by atomic mass is 10.1. The Kier molecular flexibility index (Phi) is 5.68. The average molecular weight is 368 g/mol. The minimum atomic E-state index is -3.39. The maximum atomic E-state index is 13.4. The van der Waals surface area contributed by atoms with Gasteiger partial charge in [0, 0.05) is 11.7 Å². The minimum absolute atomic E-state index is 0.216. The third kappa shape index (κ3) is 3.78. The first-order valence-corrected chi connectivity index (χ1v) is 14.1. The van der Waals surface area contributed by atoms with Gasteiger partial charge < -0.3 is 0 Å². The van der Waals surface area contributed by atoms with Crippen LogP contribution in [-0.4, -0.2) is 32.5 Å². The Hall–Kier alpha value is -0.653. The number of aryl methyl sites for hydroxylation is 3.